The number of hydrogen-bond donors (Lipinski definition) is 0. The first-order valence-corrected chi connectivity index (χ1v) is 8.63. The van der Waals surface area contributed by atoms with E-state index < -0.39 is 0 Å². The topological polar surface area (TPSA) is 57.0 Å². The van der Waals surface area contributed by atoms with Gasteiger partial charge in [-0.3, -0.25) is 4.79 Å². The van der Waals surface area contributed by atoms with E-state index in [9.17, 15) is 10.1 Å². The second-order valence-corrected chi connectivity index (χ2v) is 6.61. The van der Waals surface area contributed by atoms with E-state index in [4.69, 9.17) is 23.2 Å². The molecule has 0 bridgehead atoms. The number of nitriles is 1. The van der Waals surface area contributed by atoms with Gasteiger partial charge in [-0.25, -0.2) is 4.98 Å². The molecule has 4 nitrogen and oxygen atoms in total. The van der Waals surface area contributed by atoms with Crippen molar-refractivity contribution in [2.24, 2.45) is 0 Å². The van der Waals surface area contributed by atoms with E-state index in [-0.39, 0.29) is 11.4 Å². The van der Waals surface area contributed by atoms with Crippen LogP contribution in [0.5, 0.6) is 0 Å². The monoisotopic (exact) mass is 371 g/mol. The van der Waals surface area contributed by atoms with Gasteiger partial charge in [0.25, 0.3) is 0 Å². The maximum absolute atomic E-state index is 12.7. The molecule has 1 saturated heterocycles. The fraction of sp³-hybridized carbons (Fsp3) is 0.211. The fourth-order valence-electron chi connectivity index (χ4n) is 2.90. The van der Waals surface area contributed by atoms with Crippen LogP contribution in [0.15, 0.2) is 53.9 Å². The van der Waals surface area contributed by atoms with E-state index in [2.05, 4.69) is 16.0 Å². The normalized spacial score (nSPS) is 15.8. The van der Waals surface area contributed by atoms with Gasteiger partial charge in [0.2, 0.25) is 5.78 Å². The number of pyridine rings is 1. The third-order valence-corrected chi connectivity index (χ3v) is 4.59. The third kappa shape index (κ3) is 4.01. The minimum Gasteiger partial charge on any atom is -0.369 e. The van der Waals surface area contributed by atoms with Crippen molar-refractivity contribution in [2.45, 2.75) is 19.4 Å². The van der Waals surface area contributed by atoms with Gasteiger partial charge in [0.1, 0.15) is 16.8 Å². The standard InChI is InChI=1S/C19H15Cl2N3O/c20-15-6-4-14(5-7-15)19(25)16(10-22)17-2-1-9-24(17)12-13-3-8-18(21)23-11-13/h3-8,11H,1-2,9,12H2. The van der Waals surface area contributed by atoms with Crippen LogP contribution in [0, 0.1) is 11.3 Å². The predicted molar refractivity (Wildman–Crippen MR) is 97.3 cm³/mol. The highest BCUT2D eigenvalue weighted by Crippen LogP contribution is 2.28. The summed E-state index contributed by atoms with van der Waals surface area (Å²) < 4.78 is 0. The number of carbonyl (C=O) groups is 1. The SMILES string of the molecule is N#CC(C(=O)c1ccc(Cl)cc1)=C1CCCN1Cc1ccc(Cl)nc1. The van der Waals surface area contributed by atoms with E-state index in [0.29, 0.717) is 28.7 Å². The molecule has 0 aliphatic carbocycles. The molecule has 0 amide bonds. The predicted octanol–water partition coefficient (Wildman–Crippen LogP) is 4.64. The summed E-state index contributed by atoms with van der Waals surface area (Å²) in [7, 11) is 0. The Morgan fingerprint density at radius 2 is 1.96 bits per heavy atom. The summed E-state index contributed by atoms with van der Waals surface area (Å²) in [4.78, 5) is 18.9. The van der Waals surface area contributed by atoms with Crippen LogP contribution in [-0.2, 0) is 6.54 Å². The van der Waals surface area contributed by atoms with Crippen LogP contribution in [0.3, 0.4) is 0 Å². The van der Waals surface area contributed by atoms with Gasteiger partial charge in [0, 0.05) is 35.6 Å². The Balaban J connectivity index is 1.88. The van der Waals surface area contributed by atoms with Crippen LogP contribution in [0.25, 0.3) is 0 Å². The maximum Gasteiger partial charge on any atom is 0.205 e. The molecule has 1 aliphatic rings. The lowest BCUT2D eigenvalue weighted by atomic mass is 10.0. The number of halogens is 2. The molecule has 1 aromatic carbocycles. The number of hydrogen-bond acceptors (Lipinski definition) is 4. The van der Waals surface area contributed by atoms with Crippen molar-refractivity contribution in [3.05, 3.63) is 75.2 Å². The van der Waals surface area contributed by atoms with Crippen molar-refractivity contribution in [2.75, 3.05) is 6.54 Å². The van der Waals surface area contributed by atoms with Gasteiger partial charge in [-0.05, 0) is 48.7 Å². The number of carbonyl (C=O) groups excluding carboxylic acids is 1. The quantitative estimate of drug-likeness (QED) is 0.339. The summed E-state index contributed by atoms with van der Waals surface area (Å²) in [6.45, 7) is 1.40. The Bertz CT molecular complexity index is 852. The lowest BCUT2D eigenvalue weighted by Crippen LogP contribution is -2.20. The molecule has 126 valence electrons. The van der Waals surface area contributed by atoms with Crippen molar-refractivity contribution in [1.29, 1.82) is 5.26 Å². The molecular formula is C19H15Cl2N3O. The van der Waals surface area contributed by atoms with E-state index in [0.717, 1.165) is 24.2 Å². The van der Waals surface area contributed by atoms with Crippen molar-refractivity contribution in [3.8, 4) is 6.07 Å². The van der Waals surface area contributed by atoms with Crippen LogP contribution in [0.2, 0.25) is 10.2 Å². The molecule has 0 N–H and O–H groups in total. The molecule has 1 aliphatic heterocycles. The Morgan fingerprint density at radius 1 is 1.20 bits per heavy atom. The lowest BCUT2D eigenvalue weighted by molar-refractivity contribution is 0.103. The van der Waals surface area contributed by atoms with E-state index in [1.54, 1.807) is 36.5 Å². The summed E-state index contributed by atoms with van der Waals surface area (Å²) in [5.41, 5.74) is 2.44. The summed E-state index contributed by atoms with van der Waals surface area (Å²) >= 11 is 11.7. The summed E-state index contributed by atoms with van der Waals surface area (Å²) in [5.74, 6) is -0.268. The number of likely N-dealkylation sites (tertiary alicyclic amines) is 1. The van der Waals surface area contributed by atoms with Gasteiger partial charge in [-0.1, -0.05) is 29.3 Å². The molecule has 3 rings (SSSR count). The zero-order valence-corrected chi connectivity index (χ0v) is 14.9. The molecule has 0 atom stereocenters. The second-order valence-electron chi connectivity index (χ2n) is 5.78. The number of allylic oxidation sites excluding steroid dienone is 2. The fourth-order valence-corrected chi connectivity index (χ4v) is 3.14. The molecule has 0 radical (unpaired) electrons. The van der Waals surface area contributed by atoms with Crippen LogP contribution in [-0.4, -0.2) is 22.2 Å². The van der Waals surface area contributed by atoms with Crippen molar-refractivity contribution in [3.63, 3.8) is 0 Å². The first-order valence-electron chi connectivity index (χ1n) is 7.87. The van der Waals surface area contributed by atoms with Crippen LogP contribution >= 0.6 is 23.2 Å². The highest BCUT2D eigenvalue weighted by molar-refractivity contribution is 6.30. The molecule has 1 fully saturated rings. The zero-order chi connectivity index (χ0) is 17.8. The highest BCUT2D eigenvalue weighted by atomic mass is 35.5. The Kier molecular flexibility index (Phi) is 5.37. The minimum atomic E-state index is -0.268. The van der Waals surface area contributed by atoms with Gasteiger partial charge in [-0.2, -0.15) is 5.26 Å². The molecule has 25 heavy (non-hydrogen) atoms. The van der Waals surface area contributed by atoms with Crippen molar-refractivity contribution < 1.29 is 4.79 Å². The summed E-state index contributed by atoms with van der Waals surface area (Å²) in [6, 6.07) is 12.3. The average Bonchev–Trinajstić information content (AvgIpc) is 3.06. The van der Waals surface area contributed by atoms with Crippen molar-refractivity contribution in [1.82, 2.24) is 9.88 Å². The first-order chi connectivity index (χ1) is 12.1. The summed E-state index contributed by atoms with van der Waals surface area (Å²) in [5, 5.41) is 10.6. The Morgan fingerprint density at radius 3 is 2.60 bits per heavy atom. The molecule has 2 aromatic rings. The molecule has 1 aromatic heterocycles. The Labute approximate surface area is 156 Å². The van der Waals surface area contributed by atoms with Crippen molar-refractivity contribution >= 4 is 29.0 Å². The zero-order valence-electron chi connectivity index (χ0n) is 13.4. The Hall–Kier alpha value is -2.35. The van der Waals surface area contributed by atoms with Gasteiger partial charge in [-0.15, -0.1) is 0 Å². The average molecular weight is 372 g/mol. The van der Waals surface area contributed by atoms with Gasteiger partial charge in [0.15, 0.2) is 0 Å². The number of rotatable bonds is 4. The third-order valence-electron chi connectivity index (χ3n) is 4.12. The highest BCUT2D eigenvalue weighted by Gasteiger charge is 2.25. The number of aromatic nitrogens is 1. The number of ketones is 1. The lowest BCUT2D eigenvalue weighted by Gasteiger charge is -2.21. The van der Waals surface area contributed by atoms with E-state index in [1.807, 2.05) is 6.07 Å². The molecule has 0 saturated carbocycles. The maximum atomic E-state index is 12.7. The van der Waals surface area contributed by atoms with Gasteiger partial charge in [0.05, 0.1) is 0 Å². The second kappa shape index (κ2) is 7.69. The molecular weight excluding hydrogens is 357 g/mol. The molecule has 0 spiro atoms. The smallest absolute Gasteiger partial charge is 0.205 e. The minimum absolute atomic E-state index is 0.196. The van der Waals surface area contributed by atoms with Gasteiger partial charge >= 0.3 is 0 Å². The van der Waals surface area contributed by atoms with Crippen LogP contribution in [0.1, 0.15) is 28.8 Å². The largest absolute Gasteiger partial charge is 0.369 e. The number of nitrogens with zero attached hydrogens (tertiary/aromatic N) is 3. The molecule has 0 unspecified atom stereocenters. The molecule has 6 heteroatoms. The number of Topliss-reactive ketones (excluding diaryl/α,β-unsaturated/α-hetero) is 1. The first kappa shape index (κ1) is 17.5. The van der Waals surface area contributed by atoms with E-state index in [1.165, 1.54) is 0 Å². The van der Waals surface area contributed by atoms with Crippen LogP contribution in [0.4, 0.5) is 0 Å². The molecule has 2 heterocycles. The summed E-state index contributed by atoms with van der Waals surface area (Å²) in [6.07, 6.45) is 3.34. The number of benzene rings is 1. The van der Waals surface area contributed by atoms with Gasteiger partial charge < -0.3 is 4.90 Å². The van der Waals surface area contributed by atoms with Crippen LogP contribution < -0.4 is 0 Å². The van der Waals surface area contributed by atoms with E-state index >= 15 is 0 Å².